The lowest BCUT2D eigenvalue weighted by molar-refractivity contribution is -0.384. The molecular formula is C13H15N3O3. The van der Waals surface area contributed by atoms with Crippen molar-refractivity contribution in [3.8, 4) is 6.07 Å². The van der Waals surface area contributed by atoms with Crippen LogP contribution in [0.3, 0.4) is 0 Å². The van der Waals surface area contributed by atoms with Gasteiger partial charge in [-0.25, -0.2) is 0 Å². The number of carbonyl (C=O) groups is 1. The molecule has 0 spiro atoms. The number of ketones is 1. The maximum absolute atomic E-state index is 11.3. The van der Waals surface area contributed by atoms with Crippen LogP contribution in [0.1, 0.15) is 30.6 Å². The Labute approximate surface area is 111 Å². The molecule has 0 heterocycles. The normalized spacial score (nSPS) is 11.5. The molecule has 0 saturated carbocycles. The number of nitrogens with zero attached hydrogens (tertiary/aromatic N) is 3. The minimum Gasteiger partial charge on any atom is -0.365 e. The molecule has 0 aromatic heterocycles. The molecule has 1 atom stereocenters. The zero-order chi connectivity index (χ0) is 14.6. The summed E-state index contributed by atoms with van der Waals surface area (Å²) in [6, 6.07) is 6.26. The Hall–Kier alpha value is -2.42. The average Bonchev–Trinajstić information content (AvgIpc) is 2.37. The number of carbonyl (C=O) groups excluding carboxylic acids is 1. The summed E-state index contributed by atoms with van der Waals surface area (Å²) < 4.78 is 0. The first-order valence-corrected chi connectivity index (χ1v) is 5.77. The lowest BCUT2D eigenvalue weighted by Gasteiger charge is -2.24. The van der Waals surface area contributed by atoms with Crippen molar-refractivity contribution in [3.63, 3.8) is 0 Å². The SMILES string of the molecule is CC(=O)c1ccc(N(C)C(C)CC#N)c([N+](=O)[O-])c1. The lowest BCUT2D eigenvalue weighted by Crippen LogP contribution is -2.29. The van der Waals surface area contributed by atoms with E-state index in [0.717, 1.165) is 0 Å². The van der Waals surface area contributed by atoms with E-state index in [1.807, 2.05) is 13.0 Å². The van der Waals surface area contributed by atoms with Gasteiger partial charge in [-0.1, -0.05) is 0 Å². The molecule has 0 aliphatic carbocycles. The molecule has 6 nitrogen and oxygen atoms in total. The number of hydrogen-bond donors (Lipinski definition) is 0. The summed E-state index contributed by atoms with van der Waals surface area (Å²) in [5, 5.41) is 19.8. The average molecular weight is 261 g/mol. The third-order valence-electron chi connectivity index (χ3n) is 3.01. The van der Waals surface area contributed by atoms with Gasteiger partial charge in [0.15, 0.2) is 5.78 Å². The first kappa shape index (κ1) is 14.6. The van der Waals surface area contributed by atoms with Crippen LogP contribution in [0.15, 0.2) is 18.2 Å². The second-order valence-electron chi connectivity index (χ2n) is 4.34. The van der Waals surface area contributed by atoms with Crippen molar-refractivity contribution in [2.45, 2.75) is 26.3 Å². The van der Waals surface area contributed by atoms with Crippen LogP contribution >= 0.6 is 0 Å². The summed E-state index contributed by atoms with van der Waals surface area (Å²) in [5.41, 5.74) is 0.578. The van der Waals surface area contributed by atoms with Crippen LogP contribution in [-0.4, -0.2) is 23.8 Å². The second-order valence-corrected chi connectivity index (χ2v) is 4.34. The van der Waals surface area contributed by atoms with Gasteiger partial charge in [-0.3, -0.25) is 14.9 Å². The van der Waals surface area contributed by atoms with Gasteiger partial charge < -0.3 is 4.90 Å². The standard InChI is InChI=1S/C13H15N3O3/c1-9(6-7-14)15(3)12-5-4-11(10(2)17)8-13(12)16(18)19/h4-5,8-9H,6H2,1-3H3. The quantitative estimate of drug-likeness (QED) is 0.461. The molecule has 100 valence electrons. The van der Waals surface area contributed by atoms with Crippen LogP contribution < -0.4 is 4.90 Å². The van der Waals surface area contributed by atoms with Crippen molar-refractivity contribution in [2.24, 2.45) is 0 Å². The molecule has 19 heavy (non-hydrogen) atoms. The molecule has 0 N–H and O–H groups in total. The van der Waals surface area contributed by atoms with E-state index >= 15 is 0 Å². The number of anilines is 1. The largest absolute Gasteiger partial charge is 0.365 e. The summed E-state index contributed by atoms with van der Waals surface area (Å²) in [7, 11) is 1.69. The number of nitriles is 1. The van der Waals surface area contributed by atoms with Gasteiger partial charge in [0.25, 0.3) is 5.69 Å². The van der Waals surface area contributed by atoms with Crippen molar-refractivity contribution < 1.29 is 9.72 Å². The van der Waals surface area contributed by atoms with E-state index in [-0.39, 0.29) is 23.9 Å². The number of nitro benzene ring substituents is 1. The van der Waals surface area contributed by atoms with Crippen LogP contribution in [0.4, 0.5) is 11.4 Å². The third kappa shape index (κ3) is 3.28. The molecule has 0 aliphatic heterocycles. The van der Waals surface area contributed by atoms with Crippen molar-refractivity contribution in [3.05, 3.63) is 33.9 Å². The minimum absolute atomic E-state index is 0.125. The van der Waals surface area contributed by atoms with E-state index < -0.39 is 4.92 Å². The highest BCUT2D eigenvalue weighted by molar-refractivity contribution is 5.95. The number of hydrogen-bond acceptors (Lipinski definition) is 5. The molecule has 1 rings (SSSR count). The highest BCUT2D eigenvalue weighted by Gasteiger charge is 2.21. The Morgan fingerprint density at radius 1 is 1.58 bits per heavy atom. The second kappa shape index (κ2) is 5.96. The van der Waals surface area contributed by atoms with Crippen LogP contribution in [-0.2, 0) is 0 Å². The van der Waals surface area contributed by atoms with E-state index in [2.05, 4.69) is 0 Å². The summed E-state index contributed by atoms with van der Waals surface area (Å²) in [6.07, 6.45) is 0.266. The fraction of sp³-hybridized carbons (Fsp3) is 0.385. The Kier molecular flexibility index (Phi) is 4.59. The minimum atomic E-state index is -0.517. The topological polar surface area (TPSA) is 87.2 Å². The first-order chi connectivity index (χ1) is 8.88. The predicted molar refractivity (Wildman–Crippen MR) is 71.2 cm³/mol. The van der Waals surface area contributed by atoms with Crippen molar-refractivity contribution >= 4 is 17.2 Å². The highest BCUT2D eigenvalue weighted by Crippen LogP contribution is 2.30. The Bertz CT molecular complexity index is 549. The number of benzene rings is 1. The summed E-state index contributed by atoms with van der Waals surface area (Å²) in [4.78, 5) is 23.5. The van der Waals surface area contributed by atoms with Crippen LogP contribution in [0, 0.1) is 21.4 Å². The molecule has 1 aromatic carbocycles. The smallest absolute Gasteiger partial charge is 0.293 e. The molecular weight excluding hydrogens is 246 g/mol. The fourth-order valence-electron chi connectivity index (χ4n) is 1.69. The van der Waals surface area contributed by atoms with Crippen molar-refractivity contribution in [1.82, 2.24) is 0 Å². The van der Waals surface area contributed by atoms with Gasteiger partial charge in [-0.2, -0.15) is 5.26 Å². The van der Waals surface area contributed by atoms with Gasteiger partial charge >= 0.3 is 0 Å². The van der Waals surface area contributed by atoms with Crippen LogP contribution in [0.2, 0.25) is 0 Å². The molecule has 1 unspecified atom stereocenters. The van der Waals surface area contributed by atoms with E-state index in [0.29, 0.717) is 11.3 Å². The zero-order valence-electron chi connectivity index (χ0n) is 11.1. The summed E-state index contributed by atoms with van der Waals surface area (Å²) >= 11 is 0. The van der Waals surface area contributed by atoms with Gasteiger partial charge in [-0.15, -0.1) is 0 Å². The molecule has 0 fully saturated rings. The summed E-state index contributed by atoms with van der Waals surface area (Å²) in [5.74, 6) is -0.220. The van der Waals surface area contributed by atoms with E-state index in [1.165, 1.54) is 13.0 Å². The van der Waals surface area contributed by atoms with E-state index in [1.54, 1.807) is 24.1 Å². The maximum Gasteiger partial charge on any atom is 0.293 e. The summed E-state index contributed by atoms with van der Waals surface area (Å²) in [6.45, 7) is 3.17. The highest BCUT2D eigenvalue weighted by atomic mass is 16.6. The molecule has 0 saturated heterocycles. The maximum atomic E-state index is 11.3. The van der Waals surface area contributed by atoms with Crippen LogP contribution in [0.25, 0.3) is 0 Å². The fourth-order valence-corrected chi connectivity index (χ4v) is 1.69. The number of rotatable bonds is 5. The van der Waals surface area contributed by atoms with E-state index in [4.69, 9.17) is 5.26 Å². The Balaban J connectivity index is 3.24. The Morgan fingerprint density at radius 3 is 2.68 bits per heavy atom. The third-order valence-corrected chi connectivity index (χ3v) is 3.01. The monoisotopic (exact) mass is 261 g/mol. The molecule has 0 amide bonds. The predicted octanol–water partition coefficient (Wildman–Crippen LogP) is 2.54. The van der Waals surface area contributed by atoms with Crippen molar-refractivity contribution in [1.29, 1.82) is 5.26 Å². The van der Waals surface area contributed by atoms with Crippen molar-refractivity contribution in [2.75, 3.05) is 11.9 Å². The van der Waals surface area contributed by atoms with Gasteiger partial charge in [-0.05, 0) is 26.0 Å². The number of Topliss-reactive ketones (excluding diaryl/α,β-unsaturated/α-hetero) is 1. The molecule has 0 bridgehead atoms. The molecule has 0 radical (unpaired) electrons. The van der Waals surface area contributed by atoms with E-state index in [9.17, 15) is 14.9 Å². The van der Waals surface area contributed by atoms with Gasteiger partial charge in [0, 0.05) is 24.7 Å². The molecule has 0 aliphatic rings. The molecule has 6 heteroatoms. The van der Waals surface area contributed by atoms with Gasteiger partial charge in [0.2, 0.25) is 0 Å². The zero-order valence-corrected chi connectivity index (χ0v) is 11.1. The van der Waals surface area contributed by atoms with Gasteiger partial charge in [0.05, 0.1) is 17.4 Å². The van der Waals surface area contributed by atoms with Crippen LogP contribution in [0.5, 0.6) is 0 Å². The number of nitro groups is 1. The molecule has 1 aromatic rings. The van der Waals surface area contributed by atoms with Gasteiger partial charge in [0.1, 0.15) is 5.69 Å². The lowest BCUT2D eigenvalue weighted by atomic mass is 10.1. The Morgan fingerprint density at radius 2 is 2.21 bits per heavy atom. The first-order valence-electron chi connectivity index (χ1n) is 5.77.